The Hall–Kier alpha value is -3.24. The second kappa shape index (κ2) is 8.63. The lowest BCUT2D eigenvalue weighted by molar-refractivity contribution is -0.153. The largest absolute Gasteiger partial charge is 0.506 e. The van der Waals surface area contributed by atoms with Crippen molar-refractivity contribution in [3.8, 4) is 17.0 Å². The normalized spacial score (nSPS) is 10.8. The number of amides is 1. The maximum absolute atomic E-state index is 12.2. The van der Waals surface area contributed by atoms with E-state index in [1.54, 1.807) is 31.2 Å². The van der Waals surface area contributed by atoms with Gasteiger partial charge in [-0.1, -0.05) is 12.1 Å². The Morgan fingerprint density at radius 1 is 1.29 bits per heavy atom. The van der Waals surface area contributed by atoms with Crippen LogP contribution in [0.1, 0.15) is 6.92 Å². The summed E-state index contributed by atoms with van der Waals surface area (Å²) in [6.07, 6.45) is 0. The van der Waals surface area contributed by atoms with Gasteiger partial charge in [0.05, 0.1) is 17.7 Å². The number of ether oxygens (including phenoxy) is 2. The molecule has 1 aromatic carbocycles. The minimum atomic E-state index is -1.08. The summed E-state index contributed by atoms with van der Waals surface area (Å²) in [5.41, 5.74) is -0.543. The first kappa shape index (κ1) is 19.5. The number of aromatic nitrogens is 1. The van der Waals surface area contributed by atoms with E-state index in [1.807, 2.05) is 0 Å². The maximum atomic E-state index is 12.2. The number of carbonyl (C=O) groups excluding carboxylic acids is 2. The second-order valence-corrected chi connectivity index (χ2v) is 6.29. The minimum absolute atomic E-state index is 0.0464. The first-order valence-corrected chi connectivity index (χ1v) is 9.15. The van der Waals surface area contributed by atoms with Crippen LogP contribution in [-0.2, 0) is 19.1 Å². The van der Waals surface area contributed by atoms with E-state index in [9.17, 15) is 19.5 Å². The van der Waals surface area contributed by atoms with Crippen LogP contribution in [0.3, 0.4) is 0 Å². The molecule has 0 atom stereocenters. The minimum Gasteiger partial charge on any atom is -0.506 e. The summed E-state index contributed by atoms with van der Waals surface area (Å²) in [6.45, 7) is 2.41. The zero-order chi connectivity index (χ0) is 20.1. The summed E-state index contributed by atoms with van der Waals surface area (Å²) in [4.78, 5) is 39.8. The third-order valence-corrected chi connectivity index (χ3v) is 4.37. The fourth-order valence-electron chi connectivity index (χ4n) is 2.36. The molecule has 9 nitrogen and oxygen atoms in total. The Bertz CT molecular complexity index is 1070. The van der Waals surface area contributed by atoms with Crippen LogP contribution in [0.5, 0.6) is 5.75 Å². The van der Waals surface area contributed by atoms with E-state index in [1.165, 1.54) is 5.38 Å². The number of rotatable bonds is 6. The number of anilines is 1. The number of nitrogens with one attached hydrogen (secondary N) is 1. The van der Waals surface area contributed by atoms with Gasteiger partial charge in [0.15, 0.2) is 5.13 Å². The molecule has 0 unspecified atom stereocenters. The molecular weight excluding hydrogens is 388 g/mol. The molecule has 2 N–H and O–H groups in total. The molecule has 10 heteroatoms. The smallest absolute Gasteiger partial charge is 0.397 e. The van der Waals surface area contributed by atoms with Gasteiger partial charge in [-0.3, -0.25) is 10.1 Å². The summed E-state index contributed by atoms with van der Waals surface area (Å²) in [5.74, 6) is -2.36. The van der Waals surface area contributed by atoms with Crippen molar-refractivity contribution in [2.45, 2.75) is 6.92 Å². The lowest BCUT2D eigenvalue weighted by Crippen LogP contribution is -2.26. The van der Waals surface area contributed by atoms with E-state index < -0.39 is 17.5 Å². The highest BCUT2D eigenvalue weighted by atomic mass is 32.1. The Labute approximate surface area is 162 Å². The zero-order valence-electron chi connectivity index (χ0n) is 14.8. The van der Waals surface area contributed by atoms with Gasteiger partial charge in [0.25, 0.3) is 0 Å². The van der Waals surface area contributed by atoms with Gasteiger partial charge in [0.1, 0.15) is 23.5 Å². The summed E-state index contributed by atoms with van der Waals surface area (Å²) in [7, 11) is 0. The van der Waals surface area contributed by atoms with Gasteiger partial charge in [-0.05, 0) is 19.1 Å². The predicted octanol–water partition coefficient (Wildman–Crippen LogP) is 2.14. The Balaban J connectivity index is 1.76. The van der Waals surface area contributed by atoms with Crippen LogP contribution in [0.25, 0.3) is 22.2 Å². The molecule has 0 aliphatic carbocycles. The van der Waals surface area contributed by atoms with Crippen molar-refractivity contribution >= 4 is 39.3 Å². The first-order valence-electron chi connectivity index (χ1n) is 8.27. The van der Waals surface area contributed by atoms with Gasteiger partial charge in [0.2, 0.25) is 0 Å². The fourth-order valence-corrected chi connectivity index (χ4v) is 3.05. The van der Waals surface area contributed by atoms with Crippen LogP contribution in [0.2, 0.25) is 0 Å². The molecule has 0 spiro atoms. The average Bonchev–Trinajstić information content (AvgIpc) is 3.13. The third-order valence-electron chi connectivity index (χ3n) is 3.62. The van der Waals surface area contributed by atoms with Crippen LogP contribution >= 0.6 is 11.3 Å². The second-order valence-electron chi connectivity index (χ2n) is 5.43. The van der Waals surface area contributed by atoms with E-state index in [4.69, 9.17) is 13.9 Å². The molecule has 2 heterocycles. The van der Waals surface area contributed by atoms with E-state index in [-0.39, 0.29) is 40.9 Å². The highest BCUT2D eigenvalue weighted by Gasteiger charge is 2.21. The Morgan fingerprint density at radius 2 is 2.07 bits per heavy atom. The number of carbonyl (C=O) groups is 2. The molecule has 0 aliphatic rings. The van der Waals surface area contributed by atoms with Crippen molar-refractivity contribution in [3.63, 3.8) is 0 Å². The van der Waals surface area contributed by atoms with Gasteiger partial charge < -0.3 is 19.0 Å². The number of fused-ring (bicyclic) bond motifs is 1. The van der Waals surface area contributed by atoms with Gasteiger partial charge in [-0.15, -0.1) is 11.3 Å². The number of esters is 1. The molecule has 3 aromatic rings. The average molecular weight is 404 g/mol. The van der Waals surface area contributed by atoms with Crippen LogP contribution in [0.4, 0.5) is 5.13 Å². The van der Waals surface area contributed by atoms with Crippen LogP contribution in [0, 0.1) is 0 Å². The number of hydrogen-bond acceptors (Lipinski definition) is 9. The van der Waals surface area contributed by atoms with Crippen molar-refractivity contribution in [1.29, 1.82) is 0 Å². The summed E-state index contributed by atoms with van der Waals surface area (Å²) in [6, 6.07) is 6.53. The van der Waals surface area contributed by atoms with Crippen molar-refractivity contribution < 1.29 is 28.6 Å². The van der Waals surface area contributed by atoms with Crippen molar-refractivity contribution in [2.24, 2.45) is 0 Å². The lowest BCUT2D eigenvalue weighted by Gasteiger charge is -2.04. The number of nitrogens with zero attached hydrogens (tertiary/aromatic N) is 1. The standard InChI is InChI=1S/C18H16N2O7S/c1-2-25-7-8-26-17(24)15(22)20-18-19-11(9-28-18)13-14(21)10-5-3-4-6-12(10)27-16(13)23/h3-6,9,21H,2,7-8H2,1H3,(H,19,20,22). The molecule has 0 fully saturated rings. The van der Waals surface area contributed by atoms with Crippen molar-refractivity contribution in [1.82, 2.24) is 4.98 Å². The molecule has 0 radical (unpaired) electrons. The van der Waals surface area contributed by atoms with Crippen LogP contribution < -0.4 is 10.9 Å². The topological polar surface area (TPSA) is 128 Å². The highest BCUT2D eigenvalue weighted by molar-refractivity contribution is 7.14. The van der Waals surface area contributed by atoms with E-state index in [0.29, 0.717) is 12.0 Å². The number of benzene rings is 1. The van der Waals surface area contributed by atoms with E-state index >= 15 is 0 Å². The molecule has 1 amide bonds. The highest BCUT2D eigenvalue weighted by Crippen LogP contribution is 2.34. The number of hydrogen-bond donors (Lipinski definition) is 2. The third kappa shape index (κ3) is 4.18. The molecule has 28 heavy (non-hydrogen) atoms. The quantitative estimate of drug-likeness (QED) is 0.277. The molecule has 2 aromatic heterocycles. The molecule has 0 saturated heterocycles. The predicted molar refractivity (Wildman–Crippen MR) is 101 cm³/mol. The maximum Gasteiger partial charge on any atom is 0.397 e. The Kier molecular flexibility index (Phi) is 6.02. The number of aromatic hydroxyl groups is 1. The molecular formula is C18H16N2O7S. The summed E-state index contributed by atoms with van der Waals surface area (Å²) >= 11 is 0.978. The van der Waals surface area contributed by atoms with Crippen molar-refractivity contribution in [3.05, 3.63) is 40.1 Å². The molecule has 0 bridgehead atoms. The van der Waals surface area contributed by atoms with Gasteiger partial charge in [-0.2, -0.15) is 0 Å². The van der Waals surface area contributed by atoms with E-state index in [2.05, 4.69) is 10.3 Å². The van der Waals surface area contributed by atoms with Crippen LogP contribution in [0.15, 0.2) is 38.9 Å². The van der Waals surface area contributed by atoms with Gasteiger partial charge in [0, 0.05) is 12.0 Å². The van der Waals surface area contributed by atoms with Gasteiger partial charge >= 0.3 is 17.5 Å². The Morgan fingerprint density at radius 3 is 2.86 bits per heavy atom. The lowest BCUT2D eigenvalue weighted by atomic mass is 10.1. The molecule has 146 valence electrons. The fraction of sp³-hybridized carbons (Fsp3) is 0.222. The monoisotopic (exact) mass is 404 g/mol. The SMILES string of the molecule is CCOCCOC(=O)C(=O)Nc1nc(-c2c(O)c3ccccc3oc2=O)cs1. The number of para-hydroxylation sites is 1. The van der Waals surface area contributed by atoms with Crippen molar-refractivity contribution in [2.75, 3.05) is 25.1 Å². The summed E-state index contributed by atoms with van der Waals surface area (Å²) < 4.78 is 15.0. The van der Waals surface area contributed by atoms with Gasteiger partial charge in [-0.25, -0.2) is 14.6 Å². The zero-order valence-corrected chi connectivity index (χ0v) is 15.6. The molecule has 0 aliphatic heterocycles. The summed E-state index contributed by atoms with van der Waals surface area (Å²) in [5, 5.41) is 14.6. The van der Waals surface area contributed by atoms with E-state index in [0.717, 1.165) is 11.3 Å². The molecule has 0 saturated carbocycles. The number of thiazole rings is 1. The molecule has 3 rings (SSSR count). The van der Waals surface area contributed by atoms with Crippen LogP contribution in [-0.4, -0.2) is 41.8 Å². The first-order chi connectivity index (χ1) is 13.5.